The SMILES string of the molecule is CCCCCCCCCCC/C=C/CC/C=C/C(O)C(COP(=O)(O)OCCN)NC(=O)CCCCCCCCCCC. The predicted octanol–water partition coefficient (Wildman–Crippen LogP) is 8.66. The Hall–Kier alpha value is -1.02. The highest BCUT2D eigenvalue weighted by Crippen LogP contribution is 2.43. The van der Waals surface area contributed by atoms with Gasteiger partial charge in [0.2, 0.25) is 5.91 Å². The summed E-state index contributed by atoms with van der Waals surface area (Å²) in [6.45, 7) is 4.06. The van der Waals surface area contributed by atoms with Gasteiger partial charge in [-0.3, -0.25) is 13.8 Å². The number of aliphatic hydroxyl groups is 1. The number of hydrogen-bond donors (Lipinski definition) is 4. The van der Waals surface area contributed by atoms with Crippen molar-refractivity contribution in [3.63, 3.8) is 0 Å². The maximum Gasteiger partial charge on any atom is 0.472 e. The van der Waals surface area contributed by atoms with Gasteiger partial charge >= 0.3 is 7.82 Å². The number of rotatable bonds is 32. The first-order valence-electron chi connectivity index (χ1n) is 17.5. The van der Waals surface area contributed by atoms with Crippen molar-refractivity contribution in [2.75, 3.05) is 19.8 Å². The molecule has 254 valence electrons. The van der Waals surface area contributed by atoms with E-state index in [1.54, 1.807) is 6.08 Å². The van der Waals surface area contributed by atoms with Gasteiger partial charge < -0.3 is 21.1 Å². The molecule has 0 aliphatic rings. The lowest BCUT2D eigenvalue weighted by Gasteiger charge is -2.23. The van der Waals surface area contributed by atoms with E-state index in [1.165, 1.54) is 96.3 Å². The normalized spacial score (nSPS) is 14.8. The quantitative estimate of drug-likeness (QED) is 0.0332. The van der Waals surface area contributed by atoms with Crippen molar-refractivity contribution in [2.24, 2.45) is 5.73 Å². The Labute approximate surface area is 264 Å². The van der Waals surface area contributed by atoms with Gasteiger partial charge in [0, 0.05) is 13.0 Å². The highest BCUT2D eigenvalue weighted by Gasteiger charge is 2.26. The number of aliphatic hydroxyl groups excluding tert-OH is 1. The zero-order valence-corrected chi connectivity index (χ0v) is 28.6. The summed E-state index contributed by atoms with van der Waals surface area (Å²) in [6, 6.07) is -0.869. The zero-order valence-electron chi connectivity index (χ0n) is 27.7. The third-order valence-electron chi connectivity index (χ3n) is 7.53. The van der Waals surface area contributed by atoms with Crippen LogP contribution in [-0.4, -0.2) is 47.8 Å². The van der Waals surface area contributed by atoms with Crippen LogP contribution in [0.5, 0.6) is 0 Å². The van der Waals surface area contributed by atoms with E-state index in [-0.39, 0.29) is 25.7 Å². The minimum Gasteiger partial charge on any atom is -0.387 e. The van der Waals surface area contributed by atoms with Crippen LogP contribution in [0.3, 0.4) is 0 Å². The van der Waals surface area contributed by atoms with Crippen molar-refractivity contribution >= 4 is 13.7 Å². The molecule has 43 heavy (non-hydrogen) atoms. The minimum absolute atomic E-state index is 0.0752. The number of nitrogens with two attached hydrogens (primary N) is 1. The van der Waals surface area contributed by atoms with Crippen molar-refractivity contribution in [1.29, 1.82) is 0 Å². The topological polar surface area (TPSA) is 131 Å². The molecule has 5 N–H and O–H groups in total. The summed E-state index contributed by atoms with van der Waals surface area (Å²) < 4.78 is 21.9. The molecule has 9 heteroatoms. The highest BCUT2D eigenvalue weighted by atomic mass is 31.2. The van der Waals surface area contributed by atoms with Gasteiger partial charge in [-0.15, -0.1) is 0 Å². The molecule has 0 heterocycles. The van der Waals surface area contributed by atoms with Crippen LogP contribution in [0.15, 0.2) is 24.3 Å². The first kappa shape index (κ1) is 42.0. The molecule has 0 rings (SSSR count). The van der Waals surface area contributed by atoms with Gasteiger partial charge in [-0.25, -0.2) is 4.57 Å². The first-order valence-corrected chi connectivity index (χ1v) is 19.0. The third-order valence-corrected chi connectivity index (χ3v) is 8.51. The second-order valence-electron chi connectivity index (χ2n) is 11.7. The van der Waals surface area contributed by atoms with E-state index in [2.05, 4.69) is 31.3 Å². The minimum atomic E-state index is -4.33. The molecule has 8 nitrogen and oxygen atoms in total. The highest BCUT2D eigenvalue weighted by molar-refractivity contribution is 7.47. The van der Waals surface area contributed by atoms with Crippen LogP contribution in [0.4, 0.5) is 0 Å². The van der Waals surface area contributed by atoms with Gasteiger partial charge in [-0.05, 0) is 32.1 Å². The van der Waals surface area contributed by atoms with Crippen molar-refractivity contribution in [3.05, 3.63) is 24.3 Å². The standard InChI is InChI=1S/C34H67N2O6P/c1-3-5-7-9-11-13-14-15-16-17-18-20-21-23-25-27-33(37)32(31-42-43(39,40)41-30-29-35)36-34(38)28-26-24-22-19-12-10-8-6-4-2/h18,20,25,27,32-33,37H,3-17,19,21-24,26,28-31,35H2,1-2H3,(H,36,38)(H,39,40)/b20-18+,27-25+. The molecule has 3 atom stereocenters. The smallest absolute Gasteiger partial charge is 0.387 e. The number of phosphoric acid groups is 1. The summed E-state index contributed by atoms with van der Waals surface area (Å²) in [4.78, 5) is 22.4. The fraction of sp³-hybridized carbons (Fsp3) is 0.853. The monoisotopic (exact) mass is 630 g/mol. The van der Waals surface area contributed by atoms with Crippen molar-refractivity contribution in [2.45, 2.75) is 167 Å². The summed E-state index contributed by atoms with van der Waals surface area (Å²) in [5.41, 5.74) is 5.33. The second-order valence-corrected chi connectivity index (χ2v) is 13.2. The van der Waals surface area contributed by atoms with Crippen LogP contribution in [0.2, 0.25) is 0 Å². The molecule has 0 aliphatic carbocycles. The molecule has 0 aromatic rings. The van der Waals surface area contributed by atoms with Crippen LogP contribution >= 0.6 is 7.82 Å². The van der Waals surface area contributed by atoms with E-state index in [0.717, 1.165) is 38.5 Å². The number of carbonyl (C=O) groups excluding carboxylic acids is 1. The Morgan fingerprint density at radius 3 is 1.79 bits per heavy atom. The number of unbranched alkanes of at least 4 members (excludes halogenated alkanes) is 18. The Bertz CT molecular complexity index is 734. The van der Waals surface area contributed by atoms with Crippen molar-refractivity contribution in [1.82, 2.24) is 5.32 Å². The lowest BCUT2D eigenvalue weighted by Crippen LogP contribution is -2.45. The number of amides is 1. The largest absolute Gasteiger partial charge is 0.472 e. The fourth-order valence-corrected chi connectivity index (χ4v) is 5.61. The van der Waals surface area contributed by atoms with Gasteiger partial charge in [0.15, 0.2) is 0 Å². The summed E-state index contributed by atoms with van der Waals surface area (Å²) in [7, 11) is -4.33. The summed E-state index contributed by atoms with van der Waals surface area (Å²) in [5, 5.41) is 13.5. The van der Waals surface area contributed by atoms with Gasteiger partial charge in [0.05, 0.1) is 25.4 Å². The molecule has 0 aliphatic heterocycles. The molecular formula is C34H67N2O6P. The Kier molecular flexibility index (Phi) is 30.2. The summed E-state index contributed by atoms with van der Waals surface area (Å²) in [6.07, 6.45) is 32.3. The second kappa shape index (κ2) is 31.0. The Balaban J connectivity index is 4.42. The molecule has 3 unspecified atom stereocenters. The summed E-state index contributed by atoms with van der Waals surface area (Å²) in [5.74, 6) is -0.209. The predicted molar refractivity (Wildman–Crippen MR) is 180 cm³/mol. The molecule has 0 spiro atoms. The van der Waals surface area contributed by atoms with E-state index in [0.29, 0.717) is 6.42 Å². The molecule has 0 saturated heterocycles. The van der Waals surface area contributed by atoms with E-state index >= 15 is 0 Å². The average molecular weight is 631 g/mol. The molecule has 0 aromatic carbocycles. The van der Waals surface area contributed by atoms with Crippen LogP contribution in [0, 0.1) is 0 Å². The summed E-state index contributed by atoms with van der Waals surface area (Å²) >= 11 is 0. The Morgan fingerprint density at radius 2 is 1.23 bits per heavy atom. The Morgan fingerprint density at radius 1 is 0.744 bits per heavy atom. The van der Waals surface area contributed by atoms with E-state index in [9.17, 15) is 19.4 Å². The molecule has 0 bridgehead atoms. The molecule has 1 amide bonds. The fourth-order valence-electron chi connectivity index (χ4n) is 4.85. The first-order chi connectivity index (χ1) is 20.9. The third kappa shape index (κ3) is 29.5. The molecule has 0 fully saturated rings. The van der Waals surface area contributed by atoms with Crippen LogP contribution < -0.4 is 11.1 Å². The lowest BCUT2D eigenvalue weighted by atomic mass is 10.1. The average Bonchev–Trinajstić information content (AvgIpc) is 2.99. The number of hydrogen-bond acceptors (Lipinski definition) is 6. The van der Waals surface area contributed by atoms with Crippen molar-refractivity contribution < 1.29 is 28.4 Å². The van der Waals surface area contributed by atoms with Gasteiger partial charge in [0.25, 0.3) is 0 Å². The molecule has 0 aromatic heterocycles. The van der Waals surface area contributed by atoms with Gasteiger partial charge in [-0.2, -0.15) is 0 Å². The maximum absolute atomic E-state index is 12.6. The van der Waals surface area contributed by atoms with Gasteiger partial charge in [0.1, 0.15) is 0 Å². The molecule has 0 saturated carbocycles. The van der Waals surface area contributed by atoms with Crippen LogP contribution in [-0.2, 0) is 18.4 Å². The number of allylic oxidation sites excluding steroid dienone is 3. The van der Waals surface area contributed by atoms with E-state index < -0.39 is 20.0 Å². The van der Waals surface area contributed by atoms with E-state index in [1.807, 2.05) is 6.08 Å². The number of nitrogens with one attached hydrogen (secondary N) is 1. The van der Waals surface area contributed by atoms with Crippen LogP contribution in [0.25, 0.3) is 0 Å². The number of phosphoric ester groups is 1. The maximum atomic E-state index is 12.6. The van der Waals surface area contributed by atoms with Gasteiger partial charge in [-0.1, -0.05) is 141 Å². The number of carbonyl (C=O) groups is 1. The lowest BCUT2D eigenvalue weighted by molar-refractivity contribution is -0.123. The zero-order chi connectivity index (χ0) is 31.9. The van der Waals surface area contributed by atoms with Crippen LogP contribution in [0.1, 0.15) is 155 Å². The molecular weight excluding hydrogens is 563 g/mol. The van der Waals surface area contributed by atoms with Crippen molar-refractivity contribution in [3.8, 4) is 0 Å². The van der Waals surface area contributed by atoms with E-state index in [4.69, 9.17) is 14.8 Å². The molecule has 0 radical (unpaired) electrons.